The first kappa shape index (κ1) is 20.3. The van der Waals surface area contributed by atoms with E-state index in [1.165, 1.54) is 0 Å². The number of hydrogen-bond acceptors (Lipinski definition) is 4. The van der Waals surface area contributed by atoms with Gasteiger partial charge in [-0.15, -0.1) is 0 Å². The number of carbonyl (C=O) groups excluding carboxylic acids is 1. The van der Waals surface area contributed by atoms with Gasteiger partial charge in [-0.3, -0.25) is 4.79 Å². The molecule has 1 aliphatic heterocycles. The number of amides is 1. The van der Waals surface area contributed by atoms with E-state index in [9.17, 15) is 22.4 Å². The van der Waals surface area contributed by atoms with Crippen molar-refractivity contribution in [3.05, 3.63) is 28.8 Å². The standard InChI is InChI=1S/C17H23FN2O5S/c1-11-8-12(2)15(13(3)9-11)26(24,25)19-6-4-14(21)20-7-5-17(18,10-20)16(22)23/h8-9,19H,4-7,10H2,1-3H3,(H,22,23). The van der Waals surface area contributed by atoms with E-state index >= 15 is 0 Å². The number of carboxylic acid groups (broad SMARTS) is 1. The summed E-state index contributed by atoms with van der Waals surface area (Å²) < 4.78 is 41.4. The summed E-state index contributed by atoms with van der Waals surface area (Å²) in [6.45, 7) is 4.64. The number of rotatable bonds is 6. The molecule has 1 amide bonds. The van der Waals surface area contributed by atoms with Crippen molar-refractivity contribution < 1.29 is 27.5 Å². The lowest BCUT2D eigenvalue weighted by molar-refractivity contribution is -0.150. The van der Waals surface area contributed by atoms with Crippen molar-refractivity contribution in [3.8, 4) is 0 Å². The number of hydrogen-bond donors (Lipinski definition) is 2. The fraction of sp³-hybridized carbons (Fsp3) is 0.529. The molecule has 2 N–H and O–H groups in total. The number of aryl methyl sites for hydroxylation is 3. The Morgan fingerprint density at radius 2 is 1.85 bits per heavy atom. The number of halogens is 1. The fourth-order valence-corrected chi connectivity index (χ4v) is 4.75. The molecule has 144 valence electrons. The summed E-state index contributed by atoms with van der Waals surface area (Å²) >= 11 is 0. The summed E-state index contributed by atoms with van der Waals surface area (Å²) in [5, 5.41) is 8.85. The van der Waals surface area contributed by atoms with Crippen molar-refractivity contribution in [1.82, 2.24) is 9.62 Å². The van der Waals surface area contributed by atoms with Crippen LogP contribution in [0.15, 0.2) is 17.0 Å². The van der Waals surface area contributed by atoms with Gasteiger partial charge in [0.05, 0.1) is 11.4 Å². The van der Waals surface area contributed by atoms with E-state index in [0.29, 0.717) is 11.1 Å². The van der Waals surface area contributed by atoms with Crippen molar-refractivity contribution in [3.63, 3.8) is 0 Å². The quantitative estimate of drug-likeness (QED) is 0.767. The number of sulfonamides is 1. The highest BCUT2D eigenvalue weighted by Crippen LogP contribution is 2.26. The van der Waals surface area contributed by atoms with E-state index < -0.39 is 34.1 Å². The average Bonchev–Trinajstić information content (AvgIpc) is 2.89. The van der Waals surface area contributed by atoms with Gasteiger partial charge < -0.3 is 10.0 Å². The Balaban J connectivity index is 1.97. The van der Waals surface area contributed by atoms with Crippen LogP contribution in [0.2, 0.25) is 0 Å². The van der Waals surface area contributed by atoms with Gasteiger partial charge in [0.2, 0.25) is 21.6 Å². The third-order valence-corrected chi connectivity index (χ3v) is 6.23. The highest BCUT2D eigenvalue weighted by Gasteiger charge is 2.46. The van der Waals surface area contributed by atoms with E-state index in [0.717, 1.165) is 10.5 Å². The normalized spacial score (nSPS) is 20.4. The van der Waals surface area contributed by atoms with Crippen LogP contribution in [0.5, 0.6) is 0 Å². The van der Waals surface area contributed by atoms with Crippen molar-refractivity contribution in [2.24, 2.45) is 0 Å². The minimum absolute atomic E-state index is 0.00453. The summed E-state index contributed by atoms with van der Waals surface area (Å²) in [7, 11) is -3.78. The van der Waals surface area contributed by atoms with E-state index in [-0.39, 0.29) is 30.8 Å². The maximum atomic E-state index is 14.0. The molecule has 0 saturated carbocycles. The third-order valence-electron chi connectivity index (χ3n) is 4.46. The molecule has 0 spiro atoms. The zero-order chi connectivity index (χ0) is 19.7. The Kier molecular flexibility index (Phi) is 5.72. The molecule has 1 heterocycles. The number of carboxylic acids is 1. The van der Waals surface area contributed by atoms with Crippen LogP contribution in [0, 0.1) is 20.8 Å². The van der Waals surface area contributed by atoms with Crippen molar-refractivity contribution in [2.45, 2.75) is 44.2 Å². The van der Waals surface area contributed by atoms with Gasteiger partial charge in [0.25, 0.3) is 0 Å². The number of likely N-dealkylation sites (tertiary alicyclic amines) is 1. The first-order chi connectivity index (χ1) is 12.0. The van der Waals surface area contributed by atoms with Gasteiger partial charge in [0, 0.05) is 25.9 Å². The maximum absolute atomic E-state index is 14.0. The van der Waals surface area contributed by atoms with Gasteiger partial charge in [-0.1, -0.05) is 17.7 Å². The summed E-state index contributed by atoms with van der Waals surface area (Å²) in [5.41, 5.74) is -0.240. The Labute approximate surface area is 152 Å². The summed E-state index contributed by atoms with van der Waals surface area (Å²) in [6.07, 6.45) is -0.430. The third kappa shape index (κ3) is 4.21. The Morgan fingerprint density at radius 1 is 1.27 bits per heavy atom. The van der Waals surface area contributed by atoms with Crippen LogP contribution >= 0.6 is 0 Å². The minimum Gasteiger partial charge on any atom is -0.479 e. The van der Waals surface area contributed by atoms with Crippen LogP contribution in [0.3, 0.4) is 0 Å². The number of aliphatic carboxylic acids is 1. The molecule has 0 radical (unpaired) electrons. The predicted octanol–water partition coefficient (Wildman–Crippen LogP) is 1.31. The fourth-order valence-electron chi connectivity index (χ4n) is 3.27. The van der Waals surface area contributed by atoms with E-state index in [1.807, 2.05) is 6.92 Å². The van der Waals surface area contributed by atoms with Crippen molar-refractivity contribution in [1.29, 1.82) is 0 Å². The molecule has 1 atom stereocenters. The molecule has 1 aliphatic rings. The molecule has 1 saturated heterocycles. The molecule has 7 nitrogen and oxygen atoms in total. The molecule has 1 fully saturated rings. The summed E-state index contributed by atoms with van der Waals surface area (Å²) in [5.74, 6) is -2.07. The lowest BCUT2D eigenvalue weighted by Crippen LogP contribution is -2.39. The largest absolute Gasteiger partial charge is 0.479 e. The van der Waals surface area contributed by atoms with Crippen molar-refractivity contribution in [2.75, 3.05) is 19.6 Å². The topological polar surface area (TPSA) is 104 Å². The lowest BCUT2D eigenvalue weighted by Gasteiger charge is -2.18. The number of nitrogens with one attached hydrogen (secondary N) is 1. The number of benzene rings is 1. The molecule has 2 rings (SSSR count). The molecule has 0 aromatic heterocycles. The highest BCUT2D eigenvalue weighted by molar-refractivity contribution is 7.89. The van der Waals surface area contributed by atoms with Crippen molar-refractivity contribution >= 4 is 21.9 Å². The molecule has 1 aromatic rings. The number of alkyl halides is 1. The maximum Gasteiger partial charge on any atom is 0.343 e. The molecule has 0 bridgehead atoms. The smallest absolute Gasteiger partial charge is 0.343 e. The van der Waals surface area contributed by atoms with Crippen LogP contribution in [0.25, 0.3) is 0 Å². The highest BCUT2D eigenvalue weighted by atomic mass is 32.2. The predicted molar refractivity (Wildman–Crippen MR) is 93.1 cm³/mol. The minimum atomic E-state index is -3.78. The number of nitrogens with zero attached hydrogens (tertiary/aromatic N) is 1. The van der Waals surface area contributed by atoms with E-state index in [4.69, 9.17) is 5.11 Å². The zero-order valence-corrected chi connectivity index (χ0v) is 15.8. The van der Waals surface area contributed by atoms with E-state index in [2.05, 4.69) is 4.72 Å². The summed E-state index contributed by atoms with van der Waals surface area (Å²) in [4.78, 5) is 24.3. The number of carbonyl (C=O) groups is 2. The molecule has 1 aromatic carbocycles. The van der Waals surface area contributed by atoms with Crippen LogP contribution in [-0.4, -0.2) is 55.6 Å². The van der Waals surface area contributed by atoms with Gasteiger partial charge in [-0.2, -0.15) is 0 Å². The second-order valence-corrected chi connectivity index (χ2v) is 8.42. The Hall–Kier alpha value is -2.00. The van der Waals surface area contributed by atoms with Crippen LogP contribution in [0.4, 0.5) is 4.39 Å². The first-order valence-electron chi connectivity index (χ1n) is 8.24. The Bertz CT molecular complexity index is 817. The van der Waals surface area contributed by atoms with Gasteiger partial charge in [0.15, 0.2) is 0 Å². The SMILES string of the molecule is Cc1cc(C)c(S(=O)(=O)NCCC(=O)N2CCC(F)(C(=O)O)C2)c(C)c1. The van der Waals surface area contributed by atoms with Gasteiger partial charge in [-0.05, 0) is 31.9 Å². The van der Waals surface area contributed by atoms with E-state index in [1.54, 1.807) is 26.0 Å². The first-order valence-corrected chi connectivity index (χ1v) is 9.72. The lowest BCUT2D eigenvalue weighted by atomic mass is 10.1. The van der Waals surface area contributed by atoms with Crippen LogP contribution in [0.1, 0.15) is 29.5 Å². The molecule has 0 aliphatic carbocycles. The molecular weight excluding hydrogens is 363 g/mol. The Morgan fingerprint density at radius 3 is 2.35 bits per heavy atom. The second-order valence-electron chi connectivity index (χ2n) is 6.71. The molecular formula is C17H23FN2O5S. The molecule has 26 heavy (non-hydrogen) atoms. The van der Waals surface area contributed by atoms with Crippen LogP contribution < -0.4 is 4.72 Å². The molecule has 1 unspecified atom stereocenters. The van der Waals surface area contributed by atoms with Gasteiger partial charge in [0.1, 0.15) is 0 Å². The molecule has 9 heteroatoms. The summed E-state index contributed by atoms with van der Waals surface area (Å²) in [6, 6.07) is 3.54. The van der Waals surface area contributed by atoms with Gasteiger partial charge in [-0.25, -0.2) is 22.3 Å². The monoisotopic (exact) mass is 386 g/mol. The second kappa shape index (κ2) is 7.32. The zero-order valence-electron chi connectivity index (χ0n) is 15.0. The van der Waals surface area contributed by atoms with Gasteiger partial charge >= 0.3 is 5.97 Å². The average molecular weight is 386 g/mol. The van der Waals surface area contributed by atoms with Crippen LogP contribution in [-0.2, 0) is 19.6 Å².